The van der Waals surface area contributed by atoms with Gasteiger partial charge in [-0.1, -0.05) is 13.8 Å². The molecule has 0 atom stereocenters. The van der Waals surface area contributed by atoms with Crippen LogP contribution in [0.15, 0.2) is 12.4 Å². The summed E-state index contributed by atoms with van der Waals surface area (Å²) in [4.78, 5) is 10.7. The molecule has 0 saturated carbocycles. The predicted octanol–water partition coefficient (Wildman–Crippen LogP) is 1.81. The summed E-state index contributed by atoms with van der Waals surface area (Å²) >= 11 is 0. The first kappa shape index (κ1) is 12.9. The number of nitrogens with zero attached hydrogens (tertiary/aromatic N) is 3. The minimum atomic E-state index is 0.221. The topological polar surface area (TPSA) is 49.2 Å². The third-order valence-electron chi connectivity index (χ3n) is 2.56. The third kappa shape index (κ3) is 3.45. The molecule has 4 nitrogen and oxygen atoms in total. The van der Waals surface area contributed by atoms with E-state index in [2.05, 4.69) is 35.6 Å². The van der Waals surface area contributed by atoms with Crippen molar-refractivity contribution >= 4 is 5.82 Å². The van der Waals surface area contributed by atoms with Gasteiger partial charge >= 0.3 is 0 Å². The molecular weight excluding hydrogens is 202 g/mol. The first-order chi connectivity index (χ1) is 7.69. The molecule has 0 amide bonds. The SMILES string of the molecule is CCN(CCCO)c1cc(C(C)C)ncn1. The van der Waals surface area contributed by atoms with E-state index in [1.165, 1.54) is 0 Å². The van der Waals surface area contributed by atoms with Crippen molar-refractivity contribution < 1.29 is 5.11 Å². The van der Waals surface area contributed by atoms with Crippen LogP contribution in [0.2, 0.25) is 0 Å². The van der Waals surface area contributed by atoms with E-state index in [9.17, 15) is 0 Å². The van der Waals surface area contributed by atoms with E-state index in [1.54, 1.807) is 6.33 Å². The maximum atomic E-state index is 8.84. The molecule has 0 radical (unpaired) electrons. The Bertz CT molecular complexity index is 315. The van der Waals surface area contributed by atoms with E-state index in [4.69, 9.17) is 5.11 Å². The Balaban J connectivity index is 2.79. The quantitative estimate of drug-likeness (QED) is 0.799. The van der Waals surface area contributed by atoms with Gasteiger partial charge in [-0.3, -0.25) is 0 Å². The molecular formula is C12H21N3O. The standard InChI is InChI=1S/C12H21N3O/c1-4-15(6-5-7-16)12-8-11(10(2)3)13-9-14-12/h8-10,16H,4-7H2,1-3H3. The normalized spacial score (nSPS) is 10.8. The highest BCUT2D eigenvalue weighted by molar-refractivity contribution is 5.39. The average Bonchev–Trinajstić information content (AvgIpc) is 2.30. The summed E-state index contributed by atoms with van der Waals surface area (Å²) in [6.45, 7) is 8.29. The Morgan fingerprint density at radius 1 is 1.38 bits per heavy atom. The maximum Gasteiger partial charge on any atom is 0.132 e. The van der Waals surface area contributed by atoms with Crippen molar-refractivity contribution in [3.63, 3.8) is 0 Å². The molecule has 16 heavy (non-hydrogen) atoms. The summed E-state index contributed by atoms with van der Waals surface area (Å²) in [5, 5.41) is 8.84. The van der Waals surface area contributed by atoms with Gasteiger partial charge in [0.25, 0.3) is 0 Å². The fourth-order valence-electron chi connectivity index (χ4n) is 1.55. The van der Waals surface area contributed by atoms with Gasteiger partial charge in [-0.15, -0.1) is 0 Å². The summed E-state index contributed by atoms with van der Waals surface area (Å²) in [5.41, 5.74) is 1.06. The summed E-state index contributed by atoms with van der Waals surface area (Å²) in [5.74, 6) is 1.37. The minimum Gasteiger partial charge on any atom is -0.396 e. The van der Waals surface area contributed by atoms with Crippen LogP contribution in [0.1, 0.15) is 38.8 Å². The van der Waals surface area contributed by atoms with Gasteiger partial charge in [-0.05, 0) is 19.3 Å². The Morgan fingerprint density at radius 2 is 2.12 bits per heavy atom. The van der Waals surface area contributed by atoms with Crippen molar-refractivity contribution in [3.05, 3.63) is 18.1 Å². The number of hydrogen-bond acceptors (Lipinski definition) is 4. The van der Waals surface area contributed by atoms with Crippen molar-refractivity contribution in [1.29, 1.82) is 0 Å². The van der Waals surface area contributed by atoms with Gasteiger partial charge in [0.1, 0.15) is 12.1 Å². The average molecular weight is 223 g/mol. The van der Waals surface area contributed by atoms with Crippen LogP contribution in [0, 0.1) is 0 Å². The number of hydrogen-bond donors (Lipinski definition) is 1. The first-order valence-electron chi connectivity index (χ1n) is 5.86. The van der Waals surface area contributed by atoms with Crippen LogP contribution in [0.4, 0.5) is 5.82 Å². The fraction of sp³-hybridized carbons (Fsp3) is 0.667. The summed E-state index contributed by atoms with van der Waals surface area (Å²) < 4.78 is 0. The van der Waals surface area contributed by atoms with Crippen molar-refractivity contribution in [2.24, 2.45) is 0 Å². The second-order valence-corrected chi connectivity index (χ2v) is 4.11. The molecule has 1 heterocycles. The van der Waals surface area contributed by atoms with Gasteiger partial charge in [0.2, 0.25) is 0 Å². The molecule has 0 aromatic carbocycles. The van der Waals surface area contributed by atoms with Crippen LogP contribution < -0.4 is 4.90 Å². The van der Waals surface area contributed by atoms with Crippen molar-refractivity contribution in [2.45, 2.75) is 33.1 Å². The molecule has 4 heteroatoms. The predicted molar refractivity (Wildman–Crippen MR) is 65.7 cm³/mol. The Labute approximate surface area is 97.3 Å². The second-order valence-electron chi connectivity index (χ2n) is 4.11. The Morgan fingerprint density at radius 3 is 2.69 bits per heavy atom. The van der Waals surface area contributed by atoms with Gasteiger partial charge in [-0.2, -0.15) is 0 Å². The summed E-state index contributed by atoms with van der Waals surface area (Å²) in [6, 6.07) is 2.03. The van der Waals surface area contributed by atoms with Crippen molar-refractivity contribution in [1.82, 2.24) is 9.97 Å². The molecule has 0 aliphatic heterocycles. The summed E-state index contributed by atoms with van der Waals surface area (Å²) in [7, 11) is 0. The van der Waals surface area contributed by atoms with Crippen LogP contribution in [0.3, 0.4) is 0 Å². The van der Waals surface area contributed by atoms with Gasteiger partial charge in [0, 0.05) is 31.5 Å². The van der Waals surface area contributed by atoms with E-state index in [0.717, 1.165) is 31.0 Å². The van der Waals surface area contributed by atoms with Crippen molar-refractivity contribution in [2.75, 3.05) is 24.6 Å². The number of aromatic nitrogens is 2. The molecule has 0 spiro atoms. The monoisotopic (exact) mass is 223 g/mol. The van der Waals surface area contributed by atoms with Gasteiger partial charge in [0.05, 0.1) is 0 Å². The van der Waals surface area contributed by atoms with E-state index < -0.39 is 0 Å². The lowest BCUT2D eigenvalue weighted by atomic mass is 10.1. The molecule has 0 unspecified atom stereocenters. The third-order valence-corrected chi connectivity index (χ3v) is 2.56. The van der Waals surface area contributed by atoms with Crippen LogP contribution in [-0.2, 0) is 0 Å². The molecule has 0 bridgehead atoms. The van der Waals surface area contributed by atoms with E-state index >= 15 is 0 Å². The molecule has 1 aromatic heterocycles. The Hall–Kier alpha value is -1.16. The van der Waals surface area contributed by atoms with Crippen molar-refractivity contribution in [3.8, 4) is 0 Å². The Kier molecular flexibility index (Phi) is 5.19. The molecule has 1 rings (SSSR count). The lowest BCUT2D eigenvalue weighted by Crippen LogP contribution is -2.25. The maximum absolute atomic E-state index is 8.84. The molecule has 0 aliphatic rings. The van der Waals surface area contributed by atoms with Crippen LogP contribution in [0.5, 0.6) is 0 Å². The van der Waals surface area contributed by atoms with Crippen LogP contribution in [0.25, 0.3) is 0 Å². The van der Waals surface area contributed by atoms with Gasteiger partial charge in [-0.25, -0.2) is 9.97 Å². The zero-order valence-corrected chi connectivity index (χ0v) is 10.3. The zero-order chi connectivity index (χ0) is 12.0. The highest BCUT2D eigenvalue weighted by atomic mass is 16.3. The molecule has 1 N–H and O–H groups in total. The highest BCUT2D eigenvalue weighted by Crippen LogP contribution is 2.16. The largest absolute Gasteiger partial charge is 0.396 e. The van der Waals surface area contributed by atoms with Crippen LogP contribution >= 0.6 is 0 Å². The number of anilines is 1. The zero-order valence-electron chi connectivity index (χ0n) is 10.3. The minimum absolute atomic E-state index is 0.221. The summed E-state index contributed by atoms with van der Waals surface area (Å²) in [6.07, 6.45) is 2.39. The number of aliphatic hydroxyl groups is 1. The van der Waals surface area contributed by atoms with E-state index in [0.29, 0.717) is 5.92 Å². The molecule has 90 valence electrons. The molecule has 0 fully saturated rings. The van der Waals surface area contributed by atoms with E-state index in [1.807, 2.05) is 6.07 Å². The number of rotatable bonds is 6. The van der Waals surface area contributed by atoms with Gasteiger partial charge < -0.3 is 10.0 Å². The molecule has 0 saturated heterocycles. The smallest absolute Gasteiger partial charge is 0.132 e. The fourth-order valence-corrected chi connectivity index (χ4v) is 1.55. The van der Waals surface area contributed by atoms with Crippen LogP contribution in [-0.4, -0.2) is 34.8 Å². The number of aliphatic hydroxyl groups excluding tert-OH is 1. The highest BCUT2D eigenvalue weighted by Gasteiger charge is 2.08. The molecule has 1 aromatic rings. The second kappa shape index (κ2) is 6.43. The first-order valence-corrected chi connectivity index (χ1v) is 5.86. The lowest BCUT2D eigenvalue weighted by Gasteiger charge is -2.22. The van der Waals surface area contributed by atoms with E-state index in [-0.39, 0.29) is 6.61 Å². The lowest BCUT2D eigenvalue weighted by molar-refractivity contribution is 0.289. The van der Waals surface area contributed by atoms with Gasteiger partial charge in [0.15, 0.2) is 0 Å². The molecule has 0 aliphatic carbocycles.